The van der Waals surface area contributed by atoms with Crippen LogP contribution in [-0.4, -0.2) is 33.4 Å². The lowest BCUT2D eigenvalue weighted by Crippen LogP contribution is -2.52. The molecule has 0 saturated carbocycles. The highest BCUT2D eigenvalue weighted by Gasteiger charge is 2.31. The van der Waals surface area contributed by atoms with Crippen LogP contribution in [0.4, 0.5) is 8.78 Å². The first kappa shape index (κ1) is 15.6. The van der Waals surface area contributed by atoms with Crippen molar-refractivity contribution < 1.29 is 13.6 Å². The summed E-state index contributed by atoms with van der Waals surface area (Å²) in [5, 5.41) is 0. The van der Waals surface area contributed by atoms with Gasteiger partial charge in [0.15, 0.2) is 0 Å². The molecule has 0 spiro atoms. The van der Waals surface area contributed by atoms with Crippen LogP contribution in [0.25, 0.3) is 0 Å². The maximum atomic E-state index is 13.6. The monoisotopic (exact) mass is 319 g/mol. The van der Waals surface area contributed by atoms with Crippen LogP contribution in [0.3, 0.4) is 0 Å². The third-order valence-electron chi connectivity index (χ3n) is 4.24. The van der Waals surface area contributed by atoms with E-state index in [0.717, 1.165) is 24.9 Å². The summed E-state index contributed by atoms with van der Waals surface area (Å²) in [6, 6.07) is 3.32. The highest BCUT2D eigenvalue weighted by atomic mass is 19.1. The number of halogens is 2. The van der Waals surface area contributed by atoms with Crippen LogP contribution in [0.5, 0.6) is 0 Å². The molecule has 1 aromatic heterocycles. The van der Waals surface area contributed by atoms with Gasteiger partial charge in [0, 0.05) is 50.4 Å². The zero-order chi connectivity index (χ0) is 16.4. The van der Waals surface area contributed by atoms with Gasteiger partial charge in [-0.25, -0.2) is 13.8 Å². The summed E-state index contributed by atoms with van der Waals surface area (Å²) >= 11 is 0. The third kappa shape index (κ3) is 3.41. The van der Waals surface area contributed by atoms with E-state index in [1.54, 1.807) is 11.1 Å². The van der Waals surface area contributed by atoms with Crippen LogP contribution in [0.1, 0.15) is 18.3 Å². The quantitative estimate of drug-likeness (QED) is 0.849. The number of imidazole rings is 1. The van der Waals surface area contributed by atoms with Crippen LogP contribution in [0.2, 0.25) is 0 Å². The fourth-order valence-corrected chi connectivity index (χ4v) is 2.93. The van der Waals surface area contributed by atoms with E-state index < -0.39 is 11.6 Å². The van der Waals surface area contributed by atoms with Gasteiger partial charge in [-0.1, -0.05) is 13.0 Å². The topological polar surface area (TPSA) is 38.1 Å². The molecule has 2 aromatic rings. The zero-order valence-electron chi connectivity index (χ0n) is 13.0. The third-order valence-corrected chi connectivity index (χ3v) is 4.24. The highest BCUT2D eigenvalue weighted by molar-refractivity contribution is 5.79. The van der Waals surface area contributed by atoms with Crippen LogP contribution >= 0.6 is 0 Å². The van der Waals surface area contributed by atoms with Gasteiger partial charge in [-0.05, 0) is 11.6 Å². The Balaban J connectivity index is 1.52. The molecule has 1 aliphatic heterocycles. The average molecular weight is 319 g/mol. The standard InChI is InChI=1S/C17H19F2N3O/c1-2-16-20-5-6-21(16)9-12-10-22(11-12)17(23)7-13-3-4-14(18)8-15(13)19/h3-6,8,12H,2,7,9-11H2,1H3. The van der Waals surface area contributed by atoms with E-state index in [0.29, 0.717) is 19.0 Å². The van der Waals surface area contributed by atoms with Gasteiger partial charge < -0.3 is 9.47 Å². The molecule has 1 amide bonds. The second-order valence-electron chi connectivity index (χ2n) is 5.93. The molecule has 0 aliphatic carbocycles. The number of nitrogens with zero attached hydrogens (tertiary/aromatic N) is 3. The van der Waals surface area contributed by atoms with Gasteiger partial charge in [0.05, 0.1) is 6.42 Å². The molecule has 4 nitrogen and oxygen atoms in total. The van der Waals surface area contributed by atoms with Crippen molar-refractivity contribution in [1.82, 2.24) is 14.5 Å². The SMILES string of the molecule is CCc1nccn1CC1CN(C(=O)Cc2ccc(F)cc2F)C1. The number of amides is 1. The number of likely N-dealkylation sites (tertiary alicyclic amines) is 1. The van der Waals surface area contributed by atoms with Crippen LogP contribution < -0.4 is 0 Å². The summed E-state index contributed by atoms with van der Waals surface area (Å²) in [4.78, 5) is 18.2. The summed E-state index contributed by atoms with van der Waals surface area (Å²) in [7, 11) is 0. The molecule has 0 atom stereocenters. The maximum absolute atomic E-state index is 13.6. The van der Waals surface area contributed by atoms with Crippen molar-refractivity contribution in [2.45, 2.75) is 26.3 Å². The van der Waals surface area contributed by atoms with Crippen LogP contribution in [-0.2, 0) is 24.2 Å². The smallest absolute Gasteiger partial charge is 0.227 e. The fourth-order valence-electron chi connectivity index (χ4n) is 2.93. The van der Waals surface area contributed by atoms with Crippen molar-refractivity contribution in [3.63, 3.8) is 0 Å². The van der Waals surface area contributed by atoms with Crippen molar-refractivity contribution in [2.75, 3.05) is 13.1 Å². The molecule has 0 N–H and O–H groups in total. The molecule has 3 rings (SSSR count). The van der Waals surface area contributed by atoms with Gasteiger partial charge in [0.1, 0.15) is 17.5 Å². The van der Waals surface area contributed by atoms with Crippen LogP contribution in [0.15, 0.2) is 30.6 Å². The normalized spacial score (nSPS) is 14.8. The number of hydrogen-bond acceptors (Lipinski definition) is 2. The van der Waals surface area contributed by atoms with E-state index in [1.807, 2.05) is 6.20 Å². The zero-order valence-corrected chi connectivity index (χ0v) is 13.0. The molecular formula is C17H19F2N3O. The van der Waals surface area contributed by atoms with Gasteiger partial charge in [0.25, 0.3) is 0 Å². The number of benzene rings is 1. The lowest BCUT2D eigenvalue weighted by atomic mass is 9.98. The molecule has 1 aliphatic rings. The Bertz CT molecular complexity index is 708. The Morgan fingerprint density at radius 3 is 2.83 bits per heavy atom. The minimum Gasteiger partial charge on any atom is -0.342 e. The maximum Gasteiger partial charge on any atom is 0.227 e. The average Bonchev–Trinajstić information content (AvgIpc) is 2.92. The Hall–Kier alpha value is -2.24. The van der Waals surface area contributed by atoms with Crippen molar-refractivity contribution >= 4 is 5.91 Å². The number of aromatic nitrogens is 2. The summed E-state index contributed by atoms with van der Waals surface area (Å²) in [5.74, 6) is 0.0315. The molecule has 0 bridgehead atoms. The number of carbonyl (C=O) groups excluding carboxylic acids is 1. The van der Waals surface area contributed by atoms with Gasteiger partial charge >= 0.3 is 0 Å². The Morgan fingerprint density at radius 1 is 1.35 bits per heavy atom. The summed E-state index contributed by atoms with van der Waals surface area (Å²) in [5.41, 5.74) is 0.239. The minimum atomic E-state index is -0.665. The lowest BCUT2D eigenvalue weighted by molar-refractivity contribution is -0.137. The Morgan fingerprint density at radius 2 is 2.13 bits per heavy atom. The molecule has 23 heavy (non-hydrogen) atoms. The Kier molecular flexibility index (Phi) is 4.41. The Labute approximate surface area is 133 Å². The summed E-state index contributed by atoms with van der Waals surface area (Å²) in [6.07, 6.45) is 4.60. The molecule has 0 unspecified atom stereocenters. The van der Waals surface area contributed by atoms with E-state index in [9.17, 15) is 13.6 Å². The summed E-state index contributed by atoms with van der Waals surface area (Å²) < 4.78 is 28.6. The molecular weight excluding hydrogens is 300 g/mol. The first-order valence-electron chi connectivity index (χ1n) is 7.78. The van der Waals surface area contributed by atoms with Gasteiger partial charge in [-0.3, -0.25) is 4.79 Å². The molecule has 122 valence electrons. The van der Waals surface area contributed by atoms with Crippen LogP contribution in [0, 0.1) is 17.6 Å². The van der Waals surface area contributed by atoms with Gasteiger partial charge in [-0.15, -0.1) is 0 Å². The first-order chi connectivity index (χ1) is 11.1. The first-order valence-corrected chi connectivity index (χ1v) is 7.78. The second-order valence-corrected chi connectivity index (χ2v) is 5.93. The lowest BCUT2D eigenvalue weighted by Gasteiger charge is -2.39. The summed E-state index contributed by atoms with van der Waals surface area (Å²) in [6.45, 7) is 4.25. The molecule has 1 aromatic carbocycles. The number of carbonyl (C=O) groups is 1. The van der Waals surface area contributed by atoms with E-state index in [4.69, 9.17) is 0 Å². The molecule has 1 fully saturated rings. The van der Waals surface area contributed by atoms with Crippen molar-refractivity contribution in [1.29, 1.82) is 0 Å². The number of aryl methyl sites for hydroxylation is 1. The number of hydrogen-bond donors (Lipinski definition) is 0. The highest BCUT2D eigenvalue weighted by Crippen LogP contribution is 2.20. The minimum absolute atomic E-state index is 0.0237. The van der Waals surface area contributed by atoms with Gasteiger partial charge in [-0.2, -0.15) is 0 Å². The van der Waals surface area contributed by atoms with E-state index in [1.165, 1.54) is 12.1 Å². The molecule has 6 heteroatoms. The largest absolute Gasteiger partial charge is 0.342 e. The fraction of sp³-hybridized carbons (Fsp3) is 0.412. The predicted molar refractivity (Wildman–Crippen MR) is 81.7 cm³/mol. The van der Waals surface area contributed by atoms with E-state index in [2.05, 4.69) is 16.5 Å². The van der Waals surface area contributed by atoms with Crippen molar-refractivity contribution in [2.24, 2.45) is 5.92 Å². The van der Waals surface area contributed by atoms with E-state index in [-0.39, 0.29) is 17.9 Å². The van der Waals surface area contributed by atoms with Gasteiger partial charge in [0.2, 0.25) is 5.91 Å². The van der Waals surface area contributed by atoms with Crippen molar-refractivity contribution in [3.05, 3.63) is 53.6 Å². The molecule has 0 radical (unpaired) electrons. The van der Waals surface area contributed by atoms with Crippen molar-refractivity contribution in [3.8, 4) is 0 Å². The second kappa shape index (κ2) is 6.48. The molecule has 1 saturated heterocycles. The predicted octanol–water partition coefficient (Wildman–Crippen LogP) is 2.42. The number of rotatable bonds is 5. The molecule has 2 heterocycles. The van der Waals surface area contributed by atoms with E-state index >= 15 is 0 Å².